The van der Waals surface area contributed by atoms with E-state index in [1.54, 1.807) is 0 Å². The molecule has 160 valence electrons. The van der Waals surface area contributed by atoms with Gasteiger partial charge in [-0.3, -0.25) is 4.79 Å². The van der Waals surface area contributed by atoms with E-state index in [0.29, 0.717) is 0 Å². The van der Waals surface area contributed by atoms with Crippen LogP contribution in [0.1, 0.15) is 65.6 Å². The fourth-order valence-electron chi connectivity index (χ4n) is 4.84. The summed E-state index contributed by atoms with van der Waals surface area (Å²) in [5.74, 6) is 0.127. The third-order valence-electron chi connectivity index (χ3n) is 6.71. The van der Waals surface area contributed by atoms with Crippen molar-refractivity contribution in [2.24, 2.45) is 0 Å². The quantitative estimate of drug-likeness (QED) is 0.522. The van der Waals surface area contributed by atoms with Gasteiger partial charge in [0.1, 0.15) is 0 Å². The number of carbonyl (C=O) groups is 1. The molecule has 3 heteroatoms. The molecule has 0 atom stereocenters. The maximum atomic E-state index is 12.8. The van der Waals surface area contributed by atoms with Gasteiger partial charge in [0.25, 0.3) is 0 Å². The Balaban J connectivity index is 1.23. The highest BCUT2D eigenvalue weighted by atomic mass is 16.1. The first-order chi connectivity index (χ1) is 14.8. The van der Waals surface area contributed by atoms with Gasteiger partial charge in [0.2, 0.25) is 0 Å². The van der Waals surface area contributed by atoms with Gasteiger partial charge < -0.3 is 9.80 Å². The van der Waals surface area contributed by atoms with Gasteiger partial charge >= 0.3 is 0 Å². The second-order valence-electron chi connectivity index (χ2n) is 9.03. The van der Waals surface area contributed by atoms with Crippen LogP contribution in [0.2, 0.25) is 0 Å². The Bertz CT molecular complexity index is 717. The smallest absolute Gasteiger partial charge is 0.193 e. The number of ketones is 1. The summed E-state index contributed by atoms with van der Waals surface area (Å²) in [7, 11) is 0. The van der Waals surface area contributed by atoms with E-state index in [-0.39, 0.29) is 5.78 Å². The van der Waals surface area contributed by atoms with E-state index in [1.807, 2.05) is 24.3 Å². The monoisotopic (exact) mass is 404 g/mol. The summed E-state index contributed by atoms with van der Waals surface area (Å²) in [4.78, 5) is 18.0. The first kappa shape index (κ1) is 21.3. The van der Waals surface area contributed by atoms with Crippen LogP contribution in [0.4, 0.5) is 0 Å². The number of hydrogen-bond acceptors (Lipinski definition) is 3. The topological polar surface area (TPSA) is 23.6 Å². The molecule has 2 heterocycles. The maximum Gasteiger partial charge on any atom is 0.193 e. The summed E-state index contributed by atoms with van der Waals surface area (Å²) in [6, 6.07) is 16.5. The lowest BCUT2D eigenvalue weighted by molar-refractivity contribution is 0.103. The molecule has 0 aliphatic carbocycles. The molecule has 0 N–H and O–H groups in total. The number of rotatable bonds is 10. The number of aryl methyl sites for hydroxylation is 2. The summed E-state index contributed by atoms with van der Waals surface area (Å²) < 4.78 is 0. The Labute approximate surface area is 182 Å². The Kier molecular flexibility index (Phi) is 7.71. The molecular weight excluding hydrogens is 368 g/mol. The molecule has 0 amide bonds. The van der Waals surface area contributed by atoms with E-state index in [2.05, 4.69) is 34.1 Å². The lowest BCUT2D eigenvalue weighted by atomic mass is 9.99. The zero-order valence-corrected chi connectivity index (χ0v) is 18.3. The highest BCUT2D eigenvalue weighted by Gasteiger charge is 2.12. The van der Waals surface area contributed by atoms with Crippen LogP contribution in [-0.2, 0) is 12.8 Å². The molecule has 0 radical (unpaired) electrons. The fourth-order valence-corrected chi connectivity index (χ4v) is 4.84. The molecule has 3 nitrogen and oxygen atoms in total. The first-order valence-electron chi connectivity index (χ1n) is 12.0. The molecular formula is C27H36N2O. The molecule has 0 aromatic heterocycles. The Morgan fingerprint density at radius 1 is 0.600 bits per heavy atom. The van der Waals surface area contributed by atoms with Crippen molar-refractivity contribution < 1.29 is 4.79 Å². The van der Waals surface area contributed by atoms with Crippen LogP contribution in [0.5, 0.6) is 0 Å². The second kappa shape index (κ2) is 10.9. The zero-order valence-electron chi connectivity index (χ0n) is 18.3. The summed E-state index contributed by atoms with van der Waals surface area (Å²) in [5.41, 5.74) is 4.25. The van der Waals surface area contributed by atoms with E-state index in [0.717, 1.165) is 24.0 Å². The first-order valence-corrected chi connectivity index (χ1v) is 12.0. The van der Waals surface area contributed by atoms with Crippen molar-refractivity contribution in [1.29, 1.82) is 0 Å². The van der Waals surface area contributed by atoms with Crippen molar-refractivity contribution in [2.45, 2.75) is 51.4 Å². The third-order valence-corrected chi connectivity index (χ3v) is 6.71. The Morgan fingerprint density at radius 3 is 1.33 bits per heavy atom. The van der Waals surface area contributed by atoms with Crippen LogP contribution in [0.25, 0.3) is 0 Å². The SMILES string of the molecule is O=C(c1ccc(CCCN2CCCC2)cc1)c1ccc(CCCN2CCCC2)cc1. The van der Waals surface area contributed by atoms with Gasteiger partial charge in [-0.05, 0) is 102 Å². The Morgan fingerprint density at radius 2 is 0.967 bits per heavy atom. The molecule has 2 fully saturated rings. The van der Waals surface area contributed by atoms with Crippen LogP contribution in [0.3, 0.4) is 0 Å². The minimum atomic E-state index is 0.127. The highest BCUT2D eigenvalue weighted by molar-refractivity contribution is 6.08. The van der Waals surface area contributed by atoms with E-state index in [1.165, 1.54) is 88.9 Å². The van der Waals surface area contributed by atoms with Crippen molar-refractivity contribution in [3.8, 4) is 0 Å². The van der Waals surface area contributed by atoms with E-state index in [9.17, 15) is 4.79 Å². The summed E-state index contributed by atoms with van der Waals surface area (Å²) >= 11 is 0. The van der Waals surface area contributed by atoms with Crippen LogP contribution in [-0.4, -0.2) is 54.9 Å². The molecule has 0 saturated carbocycles. The third kappa shape index (κ3) is 6.02. The van der Waals surface area contributed by atoms with Crippen LogP contribution < -0.4 is 0 Å². The molecule has 2 saturated heterocycles. The minimum absolute atomic E-state index is 0.127. The predicted molar refractivity (Wildman–Crippen MR) is 124 cm³/mol. The van der Waals surface area contributed by atoms with Gasteiger partial charge in [0.05, 0.1) is 0 Å². The average molecular weight is 405 g/mol. The summed E-state index contributed by atoms with van der Waals surface area (Å²) in [6.45, 7) is 7.47. The predicted octanol–water partition coefficient (Wildman–Crippen LogP) is 4.97. The summed E-state index contributed by atoms with van der Waals surface area (Å²) in [5, 5.41) is 0. The maximum absolute atomic E-state index is 12.8. The lowest BCUT2D eigenvalue weighted by Crippen LogP contribution is -2.20. The van der Waals surface area contributed by atoms with Gasteiger partial charge in [-0.15, -0.1) is 0 Å². The highest BCUT2D eigenvalue weighted by Crippen LogP contribution is 2.16. The molecule has 2 aromatic rings. The molecule has 2 aliphatic heterocycles. The standard InChI is InChI=1S/C27H36N2O/c30-27(25-13-9-23(10-14-25)7-5-21-28-17-1-2-18-28)26-15-11-24(12-16-26)8-6-22-29-19-3-4-20-29/h9-16H,1-8,17-22H2. The van der Waals surface area contributed by atoms with Gasteiger partial charge in [-0.25, -0.2) is 0 Å². The molecule has 0 spiro atoms. The molecule has 2 aliphatic rings. The number of benzene rings is 2. The van der Waals surface area contributed by atoms with Crippen molar-refractivity contribution in [1.82, 2.24) is 9.80 Å². The molecule has 4 rings (SSSR count). The normalized spacial score (nSPS) is 17.6. The Hall–Kier alpha value is -1.97. The minimum Gasteiger partial charge on any atom is -0.303 e. The molecule has 0 bridgehead atoms. The van der Waals surface area contributed by atoms with Crippen LogP contribution in [0, 0.1) is 0 Å². The fraction of sp³-hybridized carbons (Fsp3) is 0.519. The van der Waals surface area contributed by atoms with Gasteiger partial charge in [0.15, 0.2) is 5.78 Å². The average Bonchev–Trinajstić information content (AvgIpc) is 3.49. The van der Waals surface area contributed by atoms with E-state index < -0.39 is 0 Å². The number of hydrogen-bond donors (Lipinski definition) is 0. The second-order valence-corrected chi connectivity index (χ2v) is 9.03. The number of carbonyl (C=O) groups excluding carboxylic acids is 1. The van der Waals surface area contributed by atoms with Crippen LogP contribution >= 0.6 is 0 Å². The van der Waals surface area contributed by atoms with Gasteiger partial charge in [0, 0.05) is 11.1 Å². The van der Waals surface area contributed by atoms with Crippen molar-refractivity contribution >= 4 is 5.78 Å². The molecule has 0 unspecified atom stereocenters. The van der Waals surface area contributed by atoms with E-state index >= 15 is 0 Å². The number of likely N-dealkylation sites (tertiary alicyclic amines) is 2. The van der Waals surface area contributed by atoms with E-state index in [4.69, 9.17) is 0 Å². The number of nitrogens with zero attached hydrogens (tertiary/aromatic N) is 2. The van der Waals surface area contributed by atoms with Crippen molar-refractivity contribution in [2.75, 3.05) is 39.3 Å². The van der Waals surface area contributed by atoms with Gasteiger partial charge in [-0.1, -0.05) is 48.5 Å². The largest absolute Gasteiger partial charge is 0.303 e. The van der Waals surface area contributed by atoms with Crippen molar-refractivity contribution in [3.05, 3.63) is 70.8 Å². The summed E-state index contributed by atoms with van der Waals surface area (Å²) in [6.07, 6.45) is 10.0. The molecule has 30 heavy (non-hydrogen) atoms. The van der Waals surface area contributed by atoms with Gasteiger partial charge in [-0.2, -0.15) is 0 Å². The molecule has 2 aromatic carbocycles. The zero-order chi connectivity index (χ0) is 20.6. The van der Waals surface area contributed by atoms with Crippen molar-refractivity contribution in [3.63, 3.8) is 0 Å². The lowest BCUT2D eigenvalue weighted by Gasteiger charge is -2.14. The van der Waals surface area contributed by atoms with Crippen LogP contribution in [0.15, 0.2) is 48.5 Å².